The zero-order valence-corrected chi connectivity index (χ0v) is 13.5. The van der Waals surface area contributed by atoms with Crippen LogP contribution in [-0.4, -0.2) is 16.2 Å². The Balaban J connectivity index is 1.73. The summed E-state index contributed by atoms with van der Waals surface area (Å²) < 4.78 is 48.8. The summed E-state index contributed by atoms with van der Waals surface area (Å²) in [7, 11) is 0. The Hall–Kier alpha value is -3.16. The molecule has 0 N–H and O–H groups in total. The van der Waals surface area contributed by atoms with Crippen molar-refractivity contribution in [1.82, 2.24) is 10.2 Å². The van der Waals surface area contributed by atoms with Crippen molar-refractivity contribution in [3.63, 3.8) is 0 Å². The average molecular weight is 362 g/mol. The smallest absolute Gasteiger partial charge is 0.416 e. The van der Waals surface area contributed by atoms with Crippen LogP contribution in [-0.2, 0) is 10.9 Å². The molecule has 5 nitrogen and oxygen atoms in total. The molecule has 0 fully saturated rings. The maximum Gasteiger partial charge on any atom is 0.416 e. The summed E-state index contributed by atoms with van der Waals surface area (Å²) in [6, 6.07) is 13.0. The van der Waals surface area contributed by atoms with Crippen molar-refractivity contribution in [3.8, 4) is 11.5 Å². The van der Waals surface area contributed by atoms with E-state index in [1.807, 2.05) is 6.07 Å². The fraction of sp³-hybridized carbons (Fsp3) is 0.167. The number of esters is 1. The van der Waals surface area contributed by atoms with Gasteiger partial charge in [-0.2, -0.15) is 13.2 Å². The van der Waals surface area contributed by atoms with Crippen LogP contribution in [0.1, 0.15) is 34.8 Å². The number of carbonyl (C=O) groups is 1. The van der Waals surface area contributed by atoms with Gasteiger partial charge in [-0.3, -0.25) is 0 Å². The molecule has 0 saturated carbocycles. The van der Waals surface area contributed by atoms with E-state index in [0.717, 1.165) is 18.2 Å². The topological polar surface area (TPSA) is 65.2 Å². The van der Waals surface area contributed by atoms with E-state index in [0.29, 0.717) is 5.56 Å². The lowest BCUT2D eigenvalue weighted by Gasteiger charge is -2.11. The first kappa shape index (κ1) is 17.7. The third-order valence-corrected chi connectivity index (χ3v) is 3.52. The second-order valence-electron chi connectivity index (χ2n) is 5.44. The Morgan fingerprint density at radius 1 is 1.08 bits per heavy atom. The van der Waals surface area contributed by atoms with Crippen LogP contribution >= 0.6 is 0 Å². The van der Waals surface area contributed by atoms with Gasteiger partial charge in [-0.1, -0.05) is 24.3 Å². The van der Waals surface area contributed by atoms with E-state index in [2.05, 4.69) is 10.2 Å². The molecule has 0 bridgehead atoms. The van der Waals surface area contributed by atoms with Gasteiger partial charge in [0.2, 0.25) is 5.89 Å². The summed E-state index contributed by atoms with van der Waals surface area (Å²) in [6.45, 7) is 1.49. The van der Waals surface area contributed by atoms with Gasteiger partial charge in [0.05, 0.1) is 11.1 Å². The highest BCUT2D eigenvalue weighted by Gasteiger charge is 2.31. The van der Waals surface area contributed by atoms with E-state index in [1.165, 1.54) is 13.0 Å². The number of alkyl halides is 3. The highest BCUT2D eigenvalue weighted by Crippen LogP contribution is 2.30. The maximum atomic E-state index is 12.7. The van der Waals surface area contributed by atoms with Gasteiger partial charge in [-0.05, 0) is 37.3 Å². The predicted octanol–water partition coefficient (Wildman–Crippen LogP) is 4.67. The fourth-order valence-corrected chi connectivity index (χ4v) is 2.20. The molecule has 0 spiro atoms. The van der Waals surface area contributed by atoms with Crippen molar-refractivity contribution in [2.75, 3.05) is 0 Å². The van der Waals surface area contributed by atoms with E-state index >= 15 is 0 Å². The first-order valence-electron chi connectivity index (χ1n) is 7.61. The van der Waals surface area contributed by atoms with Crippen LogP contribution in [0.5, 0.6) is 0 Å². The second kappa shape index (κ2) is 6.99. The van der Waals surface area contributed by atoms with Gasteiger partial charge in [0, 0.05) is 5.56 Å². The summed E-state index contributed by atoms with van der Waals surface area (Å²) >= 11 is 0. The molecule has 1 atom stereocenters. The summed E-state index contributed by atoms with van der Waals surface area (Å²) in [6.07, 6.45) is -5.46. The van der Waals surface area contributed by atoms with Crippen LogP contribution in [0.25, 0.3) is 11.5 Å². The molecule has 0 aliphatic carbocycles. The lowest BCUT2D eigenvalue weighted by atomic mass is 10.1. The number of rotatable bonds is 4. The molecule has 8 heteroatoms. The van der Waals surface area contributed by atoms with Gasteiger partial charge in [0.15, 0.2) is 6.10 Å². The molecule has 1 heterocycles. The molecule has 26 heavy (non-hydrogen) atoms. The number of nitrogens with zero attached hydrogens (tertiary/aromatic N) is 2. The summed E-state index contributed by atoms with van der Waals surface area (Å²) in [5.74, 6) is -0.616. The highest BCUT2D eigenvalue weighted by molar-refractivity contribution is 5.89. The van der Waals surface area contributed by atoms with Gasteiger partial charge < -0.3 is 9.15 Å². The molecule has 0 aliphatic rings. The third kappa shape index (κ3) is 3.90. The normalized spacial score (nSPS) is 12.6. The zero-order chi connectivity index (χ0) is 18.7. The minimum atomic E-state index is -4.54. The Bertz CT molecular complexity index is 907. The zero-order valence-electron chi connectivity index (χ0n) is 13.5. The summed E-state index contributed by atoms with van der Waals surface area (Å²) in [5.41, 5.74) is -0.444. The molecule has 3 rings (SSSR count). The third-order valence-electron chi connectivity index (χ3n) is 3.52. The van der Waals surface area contributed by atoms with Crippen molar-refractivity contribution >= 4 is 5.97 Å². The molecule has 0 amide bonds. The average Bonchev–Trinajstić information content (AvgIpc) is 3.12. The van der Waals surface area contributed by atoms with E-state index in [-0.39, 0.29) is 17.3 Å². The number of halogens is 3. The molecule has 1 aromatic heterocycles. The first-order chi connectivity index (χ1) is 12.3. The highest BCUT2D eigenvalue weighted by atomic mass is 19.4. The number of hydrogen-bond acceptors (Lipinski definition) is 5. The Labute approximate surface area is 146 Å². The van der Waals surface area contributed by atoms with Gasteiger partial charge in [-0.15, -0.1) is 10.2 Å². The van der Waals surface area contributed by atoms with E-state index in [4.69, 9.17) is 9.15 Å². The Kier molecular flexibility index (Phi) is 4.75. The molecule has 0 aliphatic heterocycles. The van der Waals surface area contributed by atoms with E-state index in [1.54, 1.807) is 24.3 Å². The monoisotopic (exact) mass is 362 g/mol. The van der Waals surface area contributed by atoms with Crippen molar-refractivity contribution in [2.24, 2.45) is 0 Å². The number of aromatic nitrogens is 2. The summed E-state index contributed by atoms with van der Waals surface area (Å²) in [5, 5.41) is 7.70. The van der Waals surface area contributed by atoms with Crippen LogP contribution in [0.3, 0.4) is 0 Å². The Morgan fingerprint density at radius 3 is 2.50 bits per heavy atom. The van der Waals surface area contributed by atoms with Crippen LogP contribution in [0.2, 0.25) is 0 Å². The quantitative estimate of drug-likeness (QED) is 0.631. The predicted molar refractivity (Wildman–Crippen MR) is 85.0 cm³/mol. The van der Waals surface area contributed by atoms with Gasteiger partial charge >= 0.3 is 12.1 Å². The van der Waals surface area contributed by atoms with Gasteiger partial charge in [0.1, 0.15) is 0 Å². The standard InChI is InChI=1S/C18H13F3N2O3/c1-11(15-22-23-16(26-15)12-6-3-2-4-7-12)25-17(24)13-8-5-9-14(10-13)18(19,20)21/h2-11H,1H3/t11-/m0/s1. The Morgan fingerprint density at radius 2 is 1.81 bits per heavy atom. The van der Waals surface area contributed by atoms with E-state index in [9.17, 15) is 18.0 Å². The van der Waals surface area contributed by atoms with E-state index < -0.39 is 23.8 Å². The lowest BCUT2D eigenvalue weighted by Crippen LogP contribution is -2.12. The molecular formula is C18H13F3N2O3. The number of carbonyl (C=O) groups excluding carboxylic acids is 1. The number of ether oxygens (including phenoxy) is 1. The van der Waals surface area contributed by atoms with Crippen molar-refractivity contribution in [2.45, 2.75) is 19.2 Å². The molecule has 134 valence electrons. The molecule has 0 unspecified atom stereocenters. The molecule has 0 radical (unpaired) electrons. The minimum absolute atomic E-state index is 0.0455. The lowest BCUT2D eigenvalue weighted by molar-refractivity contribution is -0.137. The van der Waals surface area contributed by atoms with Crippen LogP contribution in [0.15, 0.2) is 59.0 Å². The number of hydrogen-bond donors (Lipinski definition) is 0. The molecule has 0 saturated heterocycles. The first-order valence-corrected chi connectivity index (χ1v) is 7.61. The van der Waals surface area contributed by atoms with Crippen LogP contribution in [0, 0.1) is 0 Å². The molecule has 2 aromatic carbocycles. The molecular weight excluding hydrogens is 349 g/mol. The van der Waals surface area contributed by atoms with Gasteiger partial charge in [0.25, 0.3) is 5.89 Å². The number of benzene rings is 2. The van der Waals surface area contributed by atoms with Crippen LogP contribution < -0.4 is 0 Å². The summed E-state index contributed by atoms with van der Waals surface area (Å²) in [4.78, 5) is 12.1. The minimum Gasteiger partial charge on any atom is -0.449 e. The van der Waals surface area contributed by atoms with Crippen molar-refractivity contribution < 1.29 is 27.1 Å². The maximum absolute atomic E-state index is 12.7. The SMILES string of the molecule is C[C@H](OC(=O)c1cccc(C(F)(F)F)c1)c1nnc(-c2ccccc2)o1. The van der Waals surface area contributed by atoms with Crippen molar-refractivity contribution in [1.29, 1.82) is 0 Å². The second-order valence-corrected chi connectivity index (χ2v) is 5.44. The van der Waals surface area contributed by atoms with Crippen molar-refractivity contribution in [3.05, 3.63) is 71.6 Å². The molecule has 3 aromatic rings. The largest absolute Gasteiger partial charge is 0.449 e. The van der Waals surface area contributed by atoms with Gasteiger partial charge in [-0.25, -0.2) is 4.79 Å². The van der Waals surface area contributed by atoms with Crippen LogP contribution in [0.4, 0.5) is 13.2 Å². The fourth-order valence-electron chi connectivity index (χ4n) is 2.20.